The quantitative estimate of drug-likeness (QED) is 0.474. The number of anilines is 1. The summed E-state index contributed by atoms with van der Waals surface area (Å²) in [5.74, 6) is -0.869. The second-order valence-corrected chi connectivity index (χ2v) is 6.49. The topological polar surface area (TPSA) is 93.7 Å². The molecule has 0 aromatic heterocycles. The number of carbonyl (C=O) groups excluding carboxylic acids is 3. The van der Waals surface area contributed by atoms with Gasteiger partial charge in [0.25, 0.3) is 11.8 Å². The van der Waals surface area contributed by atoms with Gasteiger partial charge in [0.1, 0.15) is 12.3 Å². The first kappa shape index (κ1) is 21.9. The van der Waals surface area contributed by atoms with E-state index in [1.165, 1.54) is 0 Å². The Morgan fingerprint density at radius 2 is 1.79 bits per heavy atom. The third kappa shape index (κ3) is 8.04. The fourth-order valence-corrected chi connectivity index (χ4v) is 2.41. The van der Waals surface area contributed by atoms with Crippen molar-refractivity contribution in [1.29, 1.82) is 0 Å². The maximum Gasteiger partial charge on any atom is 0.325 e. The van der Waals surface area contributed by atoms with Crippen molar-refractivity contribution >= 4 is 23.5 Å². The zero-order valence-corrected chi connectivity index (χ0v) is 16.7. The molecule has 2 aromatic carbocycles. The Bertz CT molecular complexity index is 833. The van der Waals surface area contributed by atoms with Gasteiger partial charge in [-0.3, -0.25) is 14.4 Å². The van der Waals surface area contributed by atoms with Gasteiger partial charge in [0.05, 0.1) is 6.61 Å². The zero-order chi connectivity index (χ0) is 21.1. The third-order valence-electron chi connectivity index (χ3n) is 3.94. The largest absolute Gasteiger partial charge is 0.494 e. The van der Waals surface area contributed by atoms with E-state index in [1.807, 2.05) is 19.1 Å². The summed E-state index contributed by atoms with van der Waals surface area (Å²) in [5, 5.41) is 5.10. The molecule has 0 heterocycles. The van der Waals surface area contributed by atoms with Gasteiger partial charge in [-0.15, -0.1) is 0 Å². The maximum atomic E-state index is 12.1. The highest BCUT2D eigenvalue weighted by Gasteiger charge is 2.11. The van der Waals surface area contributed by atoms with E-state index in [1.54, 1.807) is 36.4 Å². The molecule has 2 amide bonds. The molecule has 29 heavy (non-hydrogen) atoms. The number of hydrogen-bond donors (Lipinski definition) is 2. The first-order valence-electron chi connectivity index (χ1n) is 9.51. The number of esters is 1. The minimum absolute atomic E-state index is 0.328. The number of rotatable bonds is 10. The standard InChI is InChI=1S/C22H26N2O5/c1-3-4-12-28-19-10-8-17(9-11-19)22(27)23-14-21(26)29-15-20(25)24-18-7-5-6-16(2)13-18/h5-11,13H,3-4,12,14-15H2,1-2H3,(H,23,27)(H,24,25). The highest BCUT2D eigenvalue weighted by atomic mass is 16.5. The Morgan fingerprint density at radius 1 is 1.03 bits per heavy atom. The molecule has 0 aliphatic carbocycles. The first-order chi connectivity index (χ1) is 14.0. The fourth-order valence-electron chi connectivity index (χ4n) is 2.41. The molecule has 0 saturated carbocycles. The number of nitrogens with one attached hydrogen (secondary N) is 2. The molecule has 0 unspecified atom stereocenters. The van der Waals surface area contributed by atoms with Gasteiger partial charge in [-0.2, -0.15) is 0 Å². The molecule has 0 aliphatic heterocycles. The summed E-state index contributed by atoms with van der Waals surface area (Å²) < 4.78 is 10.4. The van der Waals surface area contributed by atoms with Crippen molar-refractivity contribution in [2.24, 2.45) is 0 Å². The van der Waals surface area contributed by atoms with Crippen LogP contribution in [0.15, 0.2) is 48.5 Å². The molecule has 0 atom stereocenters. The van der Waals surface area contributed by atoms with Crippen LogP contribution in [0.4, 0.5) is 5.69 Å². The summed E-state index contributed by atoms with van der Waals surface area (Å²) in [6.07, 6.45) is 2.01. The number of aryl methyl sites for hydroxylation is 1. The lowest BCUT2D eigenvalue weighted by molar-refractivity contribution is -0.146. The molecule has 2 aromatic rings. The predicted molar refractivity (Wildman–Crippen MR) is 110 cm³/mol. The number of amides is 2. The van der Waals surface area contributed by atoms with Crippen LogP contribution in [0.1, 0.15) is 35.7 Å². The maximum absolute atomic E-state index is 12.1. The molecule has 0 saturated heterocycles. The first-order valence-corrected chi connectivity index (χ1v) is 9.51. The molecule has 0 fully saturated rings. The summed E-state index contributed by atoms with van der Waals surface area (Å²) in [5.41, 5.74) is 2.03. The van der Waals surface area contributed by atoms with Gasteiger partial charge < -0.3 is 20.1 Å². The van der Waals surface area contributed by atoms with E-state index in [-0.39, 0.29) is 6.54 Å². The van der Waals surface area contributed by atoms with Crippen LogP contribution in [0.2, 0.25) is 0 Å². The summed E-state index contributed by atoms with van der Waals surface area (Å²) >= 11 is 0. The number of unbranched alkanes of at least 4 members (excludes halogenated alkanes) is 1. The van der Waals surface area contributed by atoms with E-state index >= 15 is 0 Å². The molecule has 7 heteroatoms. The summed E-state index contributed by atoms with van der Waals surface area (Å²) in [4.78, 5) is 35.7. The molecular weight excluding hydrogens is 372 g/mol. The Kier molecular flexibility index (Phi) is 8.69. The van der Waals surface area contributed by atoms with Crippen molar-refractivity contribution in [2.45, 2.75) is 26.7 Å². The molecule has 7 nitrogen and oxygen atoms in total. The Morgan fingerprint density at radius 3 is 2.48 bits per heavy atom. The van der Waals surface area contributed by atoms with E-state index in [0.29, 0.717) is 23.6 Å². The zero-order valence-electron chi connectivity index (χ0n) is 16.7. The summed E-state index contributed by atoms with van der Waals surface area (Å²) in [6, 6.07) is 13.9. The minimum atomic E-state index is -0.697. The lowest BCUT2D eigenvalue weighted by Crippen LogP contribution is -2.32. The van der Waals surface area contributed by atoms with Crippen LogP contribution >= 0.6 is 0 Å². The molecule has 0 bridgehead atoms. The van der Waals surface area contributed by atoms with E-state index in [4.69, 9.17) is 9.47 Å². The molecule has 2 rings (SSSR count). The van der Waals surface area contributed by atoms with Crippen molar-refractivity contribution in [3.8, 4) is 5.75 Å². The smallest absolute Gasteiger partial charge is 0.325 e. The monoisotopic (exact) mass is 398 g/mol. The molecule has 0 aliphatic rings. The van der Waals surface area contributed by atoms with Crippen LogP contribution in [0.3, 0.4) is 0 Å². The third-order valence-corrected chi connectivity index (χ3v) is 3.94. The lowest BCUT2D eigenvalue weighted by atomic mass is 10.2. The Hall–Kier alpha value is -3.35. The van der Waals surface area contributed by atoms with E-state index in [2.05, 4.69) is 17.6 Å². The fraction of sp³-hybridized carbons (Fsp3) is 0.318. The van der Waals surface area contributed by atoms with Crippen LogP contribution < -0.4 is 15.4 Å². The average Bonchev–Trinajstić information content (AvgIpc) is 2.71. The normalized spacial score (nSPS) is 10.1. The van der Waals surface area contributed by atoms with Crippen molar-refractivity contribution < 1.29 is 23.9 Å². The van der Waals surface area contributed by atoms with Gasteiger partial charge in [0.15, 0.2) is 6.61 Å². The molecule has 2 N–H and O–H groups in total. The van der Waals surface area contributed by atoms with Gasteiger partial charge in [0.2, 0.25) is 0 Å². The second-order valence-electron chi connectivity index (χ2n) is 6.49. The van der Waals surface area contributed by atoms with E-state index in [0.717, 1.165) is 18.4 Å². The number of benzene rings is 2. The van der Waals surface area contributed by atoms with Crippen LogP contribution in [0, 0.1) is 6.92 Å². The lowest BCUT2D eigenvalue weighted by Gasteiger charge is -2.09. The van der Waals surface area contributed by atoms with E-state index in [9.17, 15) is 14.4 Å². The molecular formula is C22H26N2O5. The van der Waals surface area contributed by atoms with Crippen LogP contribution in [-0.4, -0.2) is 37.5 Å². The van der Waals surface area contributed by atoms with Gasteiger partial charge in [-0.05, 0) is 55.3 Å². The van der Waals surface area contributed by atoms with E-state index < -0.39 is 24.4 Å². The predicted octanol–water partition coefficient (Wildman–Crippen LogP) is 3.09. The minimum Gasteiger partial charge on any atom is -0.494 e. The Balaban J connectivity index is 1.70. The van der Waals surface area contributed by atoms with Crippen molar-refractivity contribution in [3.05, 3.63) is 59.7 Å². The number of carbonyl (C=O) groups is 3. The summed E-state index contributed by atoms with van der Waals surface area (Å²) in [6.45, 7) is 3.87. The second kappa shape index (κ2) is 11.5. The van der Waals surface area contributed by atoms with Gasteiger partial charge in [-0.25, -0.2) is 0 Å². The molecule has 0 spiro atoms. The molecule has 154 valence electrons. The molecule has 0 radical (unpaired) electrons. The van der Waals surface area contributed by atoms with Gasteiger partial charge >= 0.3 is 5.97 Å². The van der Waals surface area contributed by atoms with Crippen LogP contribution in [-0.2, 0) is 14.3 Å². The Labute approximate surface area is 170 Å². The van der Waals surface area contributed by atoms with Gasteiger partial charge in [-0.1, -0.05) is 25.5 Å². The van der Waals surface area contributed by atoms with Crippen LogP contribution in [0.25, 0.3) is 0 Å². The number of ether oxygens (including phenoxy) is 2. The van der Waals surface area contributed by atoms with Crippen LogP contribution in [0.5, 0.6) is 5.75 Å². The van der Waals surface area contributed by atoms with Crippen molar-refractivity contribution in [3.63, 3.8) is 0 Å². The highest BCUT2D eigenvalue weighted by Crippen LogP contribution is 2.13. The van der Waals surface area contributed by atoms with Gasteiger partial charge in [0, 0.05) is 11.3 Å². The highest BCUT2D eigenvalue weighted by molar-refractivity contribution is 5.96. The van der Waals surface area contributed by atoms with Crippen molar-refractivity contribution in [1.82, 2.24) is 5.32 Å². The van der Waals surface area contributed by atoms with Crippen molar-refractivity contribution in [2.75, 3.05) is 25.1 Å². The average molecular weight is 398 g/mol. The SMILES string of the molecule is CCCCOc1ccc(C(=O)NCC(=O)OCC(=O)Nc2cccc(C)c2)cc1. The summed E-state index contributed by atoms with van der Waals surface area (Å²) in [7, 11) is 0. The number of hydrogen-bond acceptors (Lipinski definition) is 5.